The first kappa shape index (κ1) is 13.9. The number of hydrogen-bond donors (Lipinski definition) is 0. The largest absolute Gasteiger partial charge is 0.493 e. The molecule has 0 aromatic heterocycles. The van der Waals surface area contributed by atoms with Gasteiger partial charge in [0.25, 0.3) is 0 Å². The number of benzene rings is 1. The Labute approximate surface area is 106 Å². The van der Waals surface area contributed by atoms with E-state index in [1.54, 1.807) is 0 Å². The highest BCUT2D eigenvalue weighted by molar-refractivity contribution is 9.09. The Hall–Kier alpha value is -1.17. The topological polar surface area (TPSA) is 35.5 Å². The number of carbonyl (C=O) groups is 1. The molecular weight excluding hydrogens is 298 g/mol. The van der Waals surface area contributed by atoms with E-state index in [1.165, 1.54) is 25.3 Å². The second kappa shape index (κ2) is 6.54. The van der Waals surface area contributed by atoms with E-state index in [2.05, 4.69) is 20.7 Å². The van der Waals surface area contributed by atoms with Gasteiger partial charge in [-0.25, -0.2) is 0 Å². The Morgan fingerprint density at radius 3 is 2.65 bits per heavy atom. The number of rotatable bonds is 6. The minimum Gasteiger partial charge on any atom is -0.493 e. The number of ether oxygens (including phenoxy) is 2. The Bertz CT molecular complexity index is 396. The fourth-order valence-corrected chi connectivity index (χ4v) is 1.63. The van der Waals surface area contributed by atoms with Gasteiger partial charge in [-0.3, -0.25) is 4.79 Å². The lowest BCUT2D eigenvalue weighted by Gasteiger charge is -2.10. The maximum absolute atomic E-state index is 12.1. The van der Waals surface area contributed by atoms with Crippen molar-refractivity contribution >= 4 is 21.7 Å². The highest BCUT2D eigenvalue weighted by Gasteiger charge is 2.14. The zero-order valence-corrected chi connectivity index (χ0v) is 10.7. The number of halogens is 3. The second-order valence-corrected chi connectivity index (χ2v) is 3.90. The average molecular weight is 309 g/mol. The fraction of sp³-hybridized carbons (Fsp3) is 0.364. The van der Waals surface area contributed by atoms with Crippen molar-refractivity contribution < 1.29 is 23.0 Å². The van der Waals surface area contributed by atoms with Gasteiger partial charge in [0.2, 0.25) is 0 Å². The molecule has 0 unspecified atom stereocenters. The predicted molar refractivity (Wildman–Crippen MR) is 62.4 cm³/mol. The number of ketones is 1. The van der Waals surface area contributed by atoms with Gasteiger partial charge in [-0.2, -0.15) is 8.78 Å². The fourth-order valence-electron chi connectivity index (χ4n) is 1.27. The van der Waals surface area contributed by atoms with Gasteiger partial charge >= 0.3 is 6.61 Å². The van der Waals surface area contributed by atoms with Crippen molar-refractivity contribution in [2.75, 3.05) is 12.4 Å². The first-order valence-electron chi connectivity index (χ1n) is 4.80. The van der Waals surface area contributed by atoms with Crippen molar-refractivity contribution in [2.45, 2.75) is 13.0 Å². The van der Waals surface area contributed by atoms with Crippen molar-refractivity contribution in [2.24, 2.45) is 0 Å². The lowest BCUT2D eigenvalue weighted by Crippen LogP contribution is -2.06. The summed E-state index contributed by atoms with van der Waals surface area (Å²) in [5.74, 6) is -0.118. The summed E-state index contributed by atoms with van der Waals surface area (Å²) >= 11 is 3.14. The van der Waals surface area contributed by atoms with Crippen molar-refractivity contribution in [1.29, 1.82) is 0 Å². The molecule has 0 aliphatic heterocycles. The number of carbonyl (C=O) groups excluding carboxylic acids is 1. The molecule has 1 aromatic rings. The minimum absolute atomic E-state index is 0.136. The van der Waals surface area contributed by atoms with E-state index in [0.717, 1.165) is 0 Å². The first-order valence-corrected chi connectivity index (χ1v) is 5.92. The monoisotopic (exact) mass is 308 g/mol. The molecular formula is C11H11BrF2O3. The summed E-state index contributed by atoms with van der Waals surface area (Å²) in [5, 5.41) is 0.517. The third-order valence-corrected chi connectivity index (χ3v) is 2.42. The summed E-state index contributed by atoms with van der Waals surface area (Å²) in [6.07, 6.45) is 0.292. The maximum Gasteiger partial charge on any atom is 0.387 e. The molecule has 0 aliphatic carbocycles. The Kier molecular flexibility index (Phi) is 5.34. The smallest absolute Gasteiger partial charge is 0.387 e. The van der Waals surface area contributed by atoms with E-state index < -0.39 is 6.61 Å². The van der Waals surface area contributed by atoms with Crippen LogP contribution in [0.1, 0.15) is 16.8 Å². The molecule has 0 bridgehead atoms. The summed E-state index contributed by atoms with van der Waals surface area (Å²) in [6, 6.07) is 4.21. The van der Waals surface area contributed by atoms with Crippen LogP contribution in [0.3, 0.4) is 0 Å². The van der Waals surface area contributed by atoms with E-state index >= 15 is 0 Å². The van der Waals surface area contributed by atoms with Crippen molar-refractivity contribution in [3.05, 3.63) is 23.8 Å². The summed E-state index contributed by atoms with van der Waals surface area (Å²) in [6.45, 7) is -2.95. The van der Waals surface area contributed by atoms with Crippen LogP contribution in [0, 0.1) is 0 Å². The van der Waals surface area contributed by atoms with Crippen LogP contribution in [0.15, 0.2) is 18.2 Å². The molecule has 0 heterocycles. The molecule has 0 radical (unpaired) electrons. The van der Waals surface area contributed by atoms with Gasteiger partial charge in [0.05, 0.1) is 7.11 Å². The van der Waals surface area contributed by atoms with Crippen LogP contribution in [0.2, 0.25) is 0 Å². The third kappa shape index (κ3) is 3.96. The van der Waals surface area contributed by atoms with Gasteiger partial charge in [0.1, 0.15) is 0 Å². The van der Waals surface area contributed by atoms with E-state index in [9.17, 15) is 13.6 Å². The van der Waals surface area contributed by atoms with Crippen LogP contribution >= 0.6 is 15.9 Å². The molecule has 0 saturated heterocycles. The molecule has 0 N–H and O–H groups in total. The first-order chi connectivity index (χ1) is 8.08. The summed E-state index contributed by atoms with van der Waals surface area (Å²) < 4.78 is 33.4. The zero-order chi connectivity index (χ0) is 12.8. The molecule has 17 heavy (non-hydrogen) atoms. The van der Waals surface area contributed by atoms with Crippen molar-refractivity contribution in [3.63, 3.8) is 0 Å². The number of hydrogen-bond acceptors (Lipinski definition) is 3. The van der Waals surface area contributed by atoms with E-state index in [4.69, 9.17) is 4.74 Å². The molecule has 0 aliphatic rings. The summed E-state index contributed by atoms with van der Waals surface area (Å²) in [5.41, 5.74) is 0.320. The molecule has 94 valence electrons. The van der Waals surface area contributed by atoms with Gasteiger partial charge in [0, 0.05) is 17.3 Å². The van der Waals surface area contributed by atoms with Gasteiger partial charge in [-0.15, -0.1) is 0 Å². The number of alkyl halides is 3. The standard InChI is InChI=1S/C11H11BrF2O3/c1-16-9-3-2-7(8(15)4-5-12)6-10(9)17-11(13)14/h2-3,6,11H,4-5H2,1H3. The Balaban J connectivity index is 2.99. The maximum atomic E-state index is 12.1. The number of methoxy groups -OCH3 is 1. The number of Topliss-reactive ketones (excluding diaryl/α,β-unsaturated/α-hetero) is 1. The second-order valence-electron chi connectivity index (χ2n) is 3.11. The molecule has 1 aromatic carbocycles. The molecule has 0 saturated carbocycles. The highest BCUT2D eigenvalue weighted by Crippen LogP contribution is 2.29. The summed E-state index contributed by atoms with van der Waals surface area (Å²) in [4.78, 5) is 11.6. The van der Waals surface area contributed by atoms with Crippen LogP contribution in [0.4, 0.5) is 8.78 Å². The quantitative estimate of drug-likeness (QED) is 0.598. The van der Waals surface area contributed by atoms with Crippen LogP contribution < -0.4 is 9.47 Å². The molecule has 3 nitrogen and oxygen atoms in total. The molecule has 0 fully saturated rings. The molecule has 0 spiro atoms. The van der Waals surface area contributed by atoms with Crippen LogP contribution in [0.25, 0.3) is 0 Å². The van der Waals surface area contributed by atoms with E-state index in [1.807, 2.05) is 0 Å². The van der Waals surface area contributed by atoms with Crippen LogP contribution in [-0.4, -0.2) is 24.8 Å². The highest BCUT2D eigenvalue weighted by atomic mass is 79.9. The minimum atomic E-state index is -2.95. The van der Waals surface area contributed by atoms with Gasteiger partial charge in [0.15, 0.2) is 17.3 Å². The zero-order valence-electron chi connectivity index (χ0n) is 9.08. The molecule has 1 rings (SSSR count). The summed E-state index contributed by atoms with van der Waals surface area (Å²) in [7, 11) is 1.34. The van der Waals surface area contributed by atoms with Gasteiger partial charge in [-0.05, 0) is 18.2 Å². The molecule has 6 heteroatoms. The molecule has 0 atom stereocenters. The van der Waals surface area contributed by atoms with Crippen molar-refractivity contribution in [1.82, 2.24) is 0 Å². The normalized spacial score (nSPS) is 10.4. The van der Waals surface area contributed by atoms with Crippen molar-refractivity contribution in [3.8, 4) is 11.5 Å². The lowest BCUT2D eigenvalue weighted by atomic mass is 10.1. The molecule has 0 amide bonds. The van der Waals surface area contributed by atoms with Gasteiger partial charge in [-0.1, -0.05) is 15.9 Å². The Morgan fingerprint density at radius 2 is 2.12 bits per heavy atom. The van der Waals surface area contributed by atoms with Crippen LogP contribution in [0.5, 0.6) is 11.5 Å². The van der Waals surface area contributed by atoms with Gasteiger partial charge < -0.3 is 9.47 Å². The average Bonchev–Trinajstić information content (AvgIpc) is 2.28. The predicted octanol–water partition coefficient (Wildman–Crippen LogP) is 3.26. The third-order valence-electron chi connectivity index (χ3n) is 2.02. The lowest BCUT2D eigenvalue weighted by molar-refractivity contribution is -0.0512. The van der Waals surface area contributed by atoms with E-state index in [-0.39, 0.29) is 17.3 Å². The van der Waals surface area contributed by atoms with Crippen LogP contribution in [-0.2, 0) is 0 Å². The Morgan fingerprint density at radius 1 is 1.41 bits per heavy atom. The van der Waals surface area contributed by atoms with E-state index in [0.29, 0.717) is 17.3 Å². The SMILES string of the molecule is COc1ccc(C(=O)CCBr)cc1OC(F)F.